The third-order valence-electron chi connectivity index (χ3n) is 2.85. The van der Waals surface area contributed by atoms with Gasteiger partial charge in [-0.15, -0.1) is 0 Å². The van der Waals surface area contributed by atoms with Crippen LogP contribution in [0.4, 0.5) is 0 Å². The molecular formula is C12H17BrN2O. The number of hydrogen-bond acceptors (Lipinski definition) is 3. The molecule has 0 radical (unpaired) electrons. The summed E-state index contributed by atoms with van der Waals surface area (Å²) in [6.45, 7) is 4.25. The second-order valence-corrected chi connectivity index (χ2v) is 6.15. The zero-order valence-corrected chi connectivity index (χ0v) is 11.3. The number of aliphatic hydroxyl groups excluding tert-OH is 1. The van der Waals surface area contributed by atoms with E-state index < -0.39 is 0 Å². The Morgan fingerprint density at radius 3 is 2.75 bits per heavy atom. The fourth-order valence-electron chi connectivity index (χ4n) is 1.59. The second kappa shape index (κ2) is 4.41. The van der Waals surface area contributed by atoms with Crippen molar-refractivity contribution in [2.24, 2.45) is 5.41 Å². The van der Waals surface area contributed by atoms with Crippen LogP contribution in [0.3, 0.4) is 0 Å². The maximum absolute atomic E-state index is 9.28. The molecule has 1 aliphatic rings. The number of rotatable bonds is 4. The first-order valence-electron chi connectivity index (χ1n) is 5.64. The summed E-state index contributed by atoms with van der Waals surface area (Å²) in [5.74, 6) is 1.54. The van der Waals surface area contributed by atoms with Crippen molar-refractivity contribution in [2.45, 2.75) is 39.0 Å². The van der Waals surface area contributed by atoms with Gasteiger partial charge in [-0.1, -0.05) is 13.8 Å². The number of aliphatic hydroxyl groups is 1. The summed E-state index contributed by atoms with van der Waals surface area (Å²) < 4.78 is 0.943. The smallest absolute Gasteiger partial charge is 0.131 e. The third kappa shape index (κ3) is 2.80. The van der Waals surface area contributed by atoms with E-state index in [1.165, 1.54) is 12.8 Å². The molecule has 0 bridgehead atoms. The first-order valence-corrected chi connectivity index (χ1v) is 6.43. The normalized spacial score (nSPS) is 16.5. The largest absolute Gasteiger partial charge is 0.396 e. The van der Waals surface area contributed by atoms with Crippen LogP contribution in [0.15, 0.2) is 10.7 Å². The Kier molecular flexibility index (Phi) is 3.31. The molecule has 0 aromatic carbocycles. The van der Waals surface area contributed by atoms with Crippen LogP contribution in [0.25, 0.3) is 0 Å². The SMILES string of the molecule is CC(C)(CO)Cc1nc(C2CC2)ncc1Br. The van der Waals surface area contributed by atoms with E-state index in [4.69, 9.17) is 0 Å². The molecule has 3 nitrogen and oxygen atoms in total. The first kappa shape index (κ1) is 12.0. The molecule has 1 aliphatic carbocycles. The standard InChI is InChI=1S/C12H17BrN2O/c1-12(2,7-16)5-10-9(13)6-14-11(15-10)8-3-4-8/h6,8,16H,3-5,7H2,1-2H3. The molecule has 0 amide bonds. The van der Waals surface area contributed by atoms with Crippen molar-refractivity contribution in [1.29, 1.82) is 0 Å². The lowest BCUT2D eigenvalue weighted by molar-refractivity contribution is 0.158. The zero-order valence-electron chi connectivity index (χ0n) is 9.70. The number of aromatic nitrogens is 2. The van der Waals surface area contributed by atoms with E-state index in [-0.39, 0.29) is 12.0 Å². The lowest BCUT2D eigenvalue weighted by Crippen LogP contribution is -2.21. The van der Waals surface area contributed by atoms with Gasteiger partial charge in [0, 0.05) is 18.7 Å². The predicted molar refractivity (Wildman–Crippen MR) is 66.3 cm³/mol. The lowest BCUT2D eigenvalue weighted by Gasteiger charge is -2.21. The highest BCUT2D eigenvalue weighted by molar-refractivity contribution is 9.10. The van der Waals surface area contributed by atoms with Crippen LogP contribution in [0.5, 0.6) is 0 Å². The van der Waals surface area contributed by atoms with Gasteiger partial charge >= 0.3 is 0 Å². The maximum atomic E-state index is 9.28. The van der Waals surface area contributed by atoms with E-state index in [1.54, 1.807) is 0 Å². The van der Waals surface area contributed by atoms with Crippen molar-refractivity contribution in [2.75, 3.05) is 6.61 Å². The third-order valence-corrected chi connectivity index (χ3v) is 3.51. The quantitative estimate of drug-likeness (QED) is 0.925. The van der Waals surface area contributed by atoms with Crippen LogP contribution < -0.4 is 0 Å². The van der Waals surface area contributed by atoms with E-state index in [9.17, 15) is 5.11 Å². The fourth-order valence-corrected chi connectivity index (χ4v) is 1.92. The highest BCUT2D eigenvalue weighted by atomic mass is 79.9. The van der Waals surface area contributed by atoms with E-state index in [2.05, 4.69) is 25.9 Å². The molecule has 1 aromatic rings. The summed E-state index contributed by atoms with van der Waals surface area (Å²) in [6, 6.07) is 0. The van der Waals surface area contributed by atoms with Gasteiger partial charge in [0.25, 0.3) is 0 Å². The highest BCUT2D eigenvalue weighted by Gasteiger charge is 2.28. The van der Waals surface area contributed by atoms with Gasteiger partial charge in [0.2, 0.25) is 0 Å². The molecule has 4 heteroatoms. The van der Waals surface area contributed by atoms with Crippen LogP contribution in [0, 0.1) is 5.41 Å². The summed E-state index contributed by atoms with van der Waals surface area (Å²) in [5, 5.41) is 9.28. The molecule has 2 rings (SSSR count). The molecule has 0 unspecified atom stereocenters. The molecule has 1 fully saturated rings. The van der Waals surface area contributed by atoms with Gasteiger partial charge in [0.15, 0.2) is 0 Å². The van der Waals surface area contributed by atoms with E-state index in [1.807, 2.05) is 20.0 Å². The van der Waals surface area contributed by atoms with Gasteiger partial charge in [0.05, 0.1) is 10.2 Å². The van der Waals surface area contributed by atoms with Crippen molar-refractivity contribution in [1.82, 2.24) is 9.97 Å². The van der Waals surface area contributed by atoms with Crippen molar-refractivity contribution < 1.29 is 5.11 Å². The molecule has 0 atom stereocenters. The highest BCUT2D eigenvalue weighted by Crippen LogP contribution is 2.38. The van der Waals surface area contributed by atoms with E-state index in [0.717, 1.165) is 22.4 Å². The van der Waals surface area contributed by atoms with Crippen LogP contribution in [-0.4, -0.2) is 21.7 Å². The van der Waals surface area contributed by atoms with Gasteiger partial charge in [-0.2, -0.15) is 0 Å². The van der Waals surface area contributed by atoms with Gasteiger partial charge < -0.3 is 5.11 Å². The van der Waals surface area contributed by atoms with Crippen molar-refractivity contribution >= 4 is 15.9 Å². The van der Waals surface area contributed by atoms with Crippen LogP contribution in [0.2, 0.25) is 0 Å². The van der Waals surface area contributed by atoms with Crippen molar-refractivity contribution in [3.05, 3.63) is 22.2 Å². The Balaban J connectivity index is 2.21. The minimum atomic E-state index is -0.127. The zero-order chi connectivity index (χ0) is 11.8. The molecule has 0 aliphatic heterocycles. The van der Waals surface area contributed by atoms with E-state index >= 15 is 0 Å². The summed E-state index contributed by atoms with van der Waals surface area (Å²) in [4.78, 5) is 8.93. The summed E-state index contributed by atoms with van der Waals surface area (Å²) in [5.41, 5.74) is 0.883. The molecule has 1 saturated carbocycles. The topological polar surface area (TPSA) is 46.0 Å². The first-order chi connectivity index (χ1) is 7.52. The molecule has 1 heterocycles. The minimum Gasteiger partial charge on any atom is -0.396 e. The van der Waals surface area contributed by atoms with Gasteiger partial charge in [-0.05, 0) is 40.6 Å². The Bertz CT molecular complexity index is 389. The van der Waals surface area contributed by atoms with Gasteiger partial charge in [-0.25, -0.2) is 9.97 Å². The Morgan fingerprint density at radius 2 is 2.19 bits per heavy atom. The monoisotopic (exact) mass is 284 g/mol. The average molecular weight is 285 g/mol. The molecule has 1 aromatic heterocycles. The summed E-state index contributed by atoms with van der Waals surface area (Å²) in [7, 11) is 0. The van der Waals surface area contributed by atoms with Crippen molar-refractivity contribution in [3.63, 3.8) is 0 Å². The van der Waals surface area contributed by atoms with Crippen LogP contribution in [-0.2, 0) is 6.42 Å². The number of halogens is 1. The molecule has 88 valence electrons. The Labute approximate surface area is 104 Å². The fraction of sp³-hybridized carbons (Fsp3) is 0.667. The molecule has 0 saturated heterocycles. The van der Waals surface area contributed by atoms with Crippen molar-refractivity contribution in [3.8, 4) is 0 Å². The molecule has 16 heavy (non-hydrogen) atoms. The maximum Gasteiger partial charge on any atom is 0.131 e. The van der Waals surface area contributed by atoms with Gasteiger partial charge in [-0.3, -0.25) is 0 Å². The molecular weight excluding hydrogens is 268 g/mol. The lowest BCUT2D eigenvalue weighted by atomic mass is 9.89. The Hall–Kier alpha value is -0.480. The average Bonchev–Trinajstić information content (AvgIpc) is 3.05. The second-order valence-electron chi connectivity index (χ2n) is 5.30. The molecule has 0 spiro atoms. The van der Waals surface area contributed by atoms with E-state index in [0.29, 0.717) is 5.92 Å². The summed E-state index contributed by atoms with van der Waals surface area (Å²) in [6.07, 6.45) is 5.03. The Morgan fingerprint density at radius 1 is 1.50 bits per heavy atom. The number of nitrogens with zero attached hydrogens (tertiary/aromatic N) is 2. The summed E-state index contributed by atoms with van der Waals surface area (Å²) >= 11 is 3.48. The van der Waals surface area contributed by atoms with Crippen LogP contribution in [0.1, 0.15) is 44.1 Å². The van der Waals surface area contributed by atoms with Crippen LogP contribution >= 0.6 is 15.9 Å². The molecule has 1 N–H and O–H groups in total. The predicted octanol–water partition coefficient (Wildman–Crippen LogP) is 2.68. The van der Waals surface area contributed by atoms with Gasteiger partial charge in [0.1, 0.15) is 5.82 Å². The number of hydrogen-bond donors (Lipinski definition) is 1. The minimum absolute atomic E-state index is 0.127.